The standard InChI is InChI=1S/C15H28N2O/c1-3-14-12-16(2)9-5-10-17(14)11-8-13-6-4-7-15(13)18/h13-14H,3-12H2,1-2H3. The van der Waals surface area contributed by atoms with Gasteiger partial charge in [0.15, 0.2) is 0 Å². The van der Waals surface area contributed by atoms with E-state index in [1.807, 2.05) is 0 Å². The largest absolute Gasteiger partial charge is 0.305 e. The van der Waals surface area contributed by atoms with Gasteiger partial charge in [0.25, 0.3) is 0 Å². The fourth-order valence-electron chi connectivity index (χ4n) is 3.49. The summed E-state index contributed by atoms with van der Waals surface area (Å²) in [4.78, 5) is 16.8. The number of carbonyl (C=O) groups is 1. The molecule has 0 aromatic carbocycles. The van der Waals surface area contributed by atoms with E-state index in [9.17, 15) is 4.79 Å². The zero-order chi connectivity index (χ0) is 13.0. The van der Waals surface area contributed by atoms with Gasteiger partial charge in [-0.05, 0) is 58.8 Å². The highest BCUT2D eigenvalue weighted by molar-refractivity contribution is 5.82. The molecule has 0 spiro atoms. The molecule has 2 aliphatic rings. The zero-order valence-electron chi connectivity index (χ0n) is 12.0. The number of nitrogens with zero attached hydrogens (tertiary/aromatic N) is 2. The van der Waals surface area contributed by atoms with Crippen molar-refractivity contribution in [3.63, 3.8) is 0 Å². The van der Waals surface area contributed by atoms with Crippen LogP contribution in [0, 0.1) is 5.92 Å². The highest BCUT2D eigenvalue weighted by Crippen LogP contribution is 2.25. The molecule has 2 rings (SSSR count). The lowest BCUT2D eigenvalue weighted by atomic mass is 10.0. The van der Waals surface area contributed by atoms with Gasteiger partial charge >= 0.3 is 0 Å². The Morgan fingerprint density at radius 2 is 2.11 bits per heavy atom. The van der Waals surface area contributed by atoms with Crippen molar-refractivity contribution in [2.24, 2.45) is 5.92 Å². The van der Waals surface area contributed by atoms with Crippen LogP contribution in [0.25, 0.3) is 0 Å². The van der Waals surface area contributed by atoms with Crippen LogP contribution in [0.15, 0.2) is 0 Å². The van der Waals surface area contributed by atoms with Gasteiger partial charge in [0, 0.05) is 24.9 Å². The Bertz CT molecular complexity index is 280. The molecule has 1 heterocycles. The van der Waals surface area contributed by atoms with Crippen molar-refractivity contribution in [3.8, 4) is 0 Å². The molecule has 0 amide bonds. The minimum atomic E-state index is 0.378. The molecular formula is C15H28N2O. The number of ketones is 1. The van der Waals surface area contributed by atoms with Crippen LogP contribution >= 0.6 is 0 Å². The van der Waals surface area contributed by atoms with E-state index in [0.29, 0.717) is 17.7 Å². The summed E-state index contributed by atoms with van der Waals surface area (Å²) in [5, 5.41) is 0. The van der Waals surface area contributed by atoms with Gasteiger partial charge in [0.1, 0.15) is 5.78 Å². The Kier molecular flexibility index (Phi) is 5.19. The SMILES string of the molecule is CCC1CN(C)CCCN1CCC1CCCC1=O. The van der Waals surface area contributed by atoms with Crippen molar-refractivity contribution >= 4 is 5.78 Å². The van der Waals surface area contributed by atoms with E-state index in [-0.39, 0.29) is 0 Å². The van der Waals surface area contributed by atoms with Crippen LogP contribution in [0.4, 0.5) is 0 Å². The molecule has 1 saturated carbocycles. The Morgan fingerprint density at radius 3 is 2.78 bits per heavy atom. The maximum atomic E-state index is 11.7. The number of rotatable bonds is 4. The second-order valence-electron chi connectivity index (χ2n) is 6.06. The van der Waals surface area contributed by atoms with Crippen LogP contribution in [0.1, 0.15) is 45.4 Å². The van der Waals surface area contributed by atoms with Crippen LogP contribution in [0.2, 0.25) is 0 Å². The monoisotopic (exact) mass is 252 g/mol. The van der Waals surface area contributed by atoms with E-state index in [1.165, 1.54) is 32.5 Å². The molecular weight excluding hydrogens is 224 g/mol. The summed E-state index contributed by atoms with van der Waals surface area (Å²) in [5.74, 6) is 0.901. The lowest BCUT2D eigenvalue weighted by Crippen LogP contribution is -2.40. The van der Waals surface area contributed by atoms with E-state index in [2.05, 4.69) is 23.8 Å². The van der Waals surface area contributed by atoms with Crippen LogP contribution in [-0.4, -0.2) is 54.9 Å². The fraction of sp³-hybridized carbons (Fsp3) is 0.933. The number of likely N-dealkylation sites (N-methyl/N-ethyl adjacent to an activating group) is 1. The third kappa shape index (κ3) is 3.55. The number of hydrogen-bond acceptors (Lipinski definition) is 3. The topological polar surface area (TPSA) is 23.6 Å². The smallest absolute Gasteiger partial charge is 0.136 e. The Morgan fingerprint density at radius 1 is 1.28 bits per heavy atom. The van der Waals surface area contributed by atoms with Crippen molar-refractivity contribution in [1.29, 1.82) is 0 Å². The molecule has 3 heteroatoms. The summed E-state index contributed by atoms with van der Waals surface area (Å²) in [5.41, 5.74) is 0. The van der Waals surface area contributed by atoms with Gasteiger partial charge < -0.3 is 4.90 Å². The maximum absolute atomic E-state index is 11.7. The molecule has 2 atom stereocenters. The molecule has 1 saturated heterocycles. The summed E-state index contributed by atoms with van der Waals surface area (Å²) in [6.07, 6.45) is 6.70. The highest BCUT2D eigenvalue weighted by Gasteiger charge is 2.27. The van der Waals surface area contributed by atoms with Crippen LogP contribution in [0.5, 0.6) is 0 Å². The molecule has 104 valence electrons. The zero-order valence-corrected chi connectivity index (χ0v) is 12.0. The second kappa shape index (κ2) is 6.67. The summed E-state index contributed by atoms with van der Waals surface area (Å²) < 4.78 is 0. The normalized spacial score (nSPS) is 31.8. The Labute approximate surface area is 112 Å². The summed E-state index contributed by atoms with van der Waals surface area (Å²) in [6, 6.07) is 0.689. The molecule has 0 aromatic rings. The molecule has 1 aliphatic heterocycles. The van der Waals surface area contributed by atoms with Crippen LogP contribution < -0.4 is 0 Å². The van der Waals surface area contributed by atoms with Crippen LogP contribution in [-0.2, 0) is 4.79 Å². The molecule has 2 unspecified atom stereocenters. The number of carbonyl (C=O) groups excluding carboxylic acids is 1. The lowest BCUT2D eigenvalue weighted by Gasteiger charge is -2.30. The van der Waals surface area contributed by atoms with Crippen molar-refractivity contribution in [2.75, 3.05) is 33.2 Å². The third-order valence-corrected chi connectivity index (χ3v) is 4.69. The maximum Gasteiger partial charge on any atom is 0.136 e. The van der Waals surface area contributed by atoms with Crippen molar-refractivity contribution in [3.05, 3.63) is 0 Å². The van der Waals surface area contributed by atoms with Gasteiger partial charge in [-0.15, -0.1) is 0 Å². The first-order chi connectivity index (χ1) is 8.70. The minimum Gasteiger partial charge on any atom is -0.305 e. The predicted octanol–water partition coefficient (Wildman–Crippen LogP) is 2.16. The molecule has 2 fully saturated rings. The van der Waals surface area contributed by atoms with E-state index in [0.717, 1.165) is 32.2 Å². The van der Waals surface area contributed by atoms with Crippen molar-refractivity contribution < 1.29 is 4.79 Å². The van der Waals surface area contributed by atoms with Gasteiger partial charge in [0.2, 0.25) is 0 Å². The summed E-state index contributed by atoms with van der Waals surface area (Å²) in [6.45, 7) is 7.04. The van der Waals surface area contributed by atoms with Gasteiger partial charge in [-0.3, -0.25) is 9.69 Å². The number of hydrogen-bond donors (Lipinski definition) is 0. The molecule has 0 aromatic heterocycles. The second-order valence-corrected chi connectivity index (χ2v) is 6.06. The first kappa shape index (κ1) is 14.0. The van der Waals surface area contributed by atoms with Gasteiger partial charge in [-0.2, -0.15) is 0 Å². The molecule has 1 aliphatic carbocycles. The summed E-state index contributed by atoms with van der Waals surface area (Å²) in [7, 11) is 2.23. The molecule has 18 heavy (non-hydrogen) atoms. The lowest BCUT2D eigenvalue weighted by molar-refractivity contribution is -0.120. The van der Waals surface area contributed by atoms with E-state index in [4.69, 9.17) is 0 Å². The Hall–Kier alpha value is -0.410. The third-order valence-electron chi connectivity index (χ3n) is 4.69. The van der Waals surface area contributed by atoms with Crippen molar-refractivity contribution in [1.82, 2.24) is 9.80 Å². The van der Waals surface area contributed by atoms with Gasteiger partial charge in [-0.25, -0.2) is 0 Å². The Balaban J connectivity index is 1.84. The first-order valence-corrected chi connectivity index (χ1v) is 7.66. The molecule has 0 radical (unpaired) electrons. The average molecular weight is 252 g/mol. The highest BCUT2D eigenvalue weighted by atomic mass is 16.1. The average Bonchev–Trinajstić information content (AvgIpc) is 2.67. The minimum absolute atomic E-state index is 0.378. The van der Waals surface area contributed by atoms with E-state index >= 15 is 0 Å². The van der Waals surface area contributed by atoms with Gasteiger partial charge in [0.05, 0.1) is 0 Å². The van der Waals surface area contributed by atoms with E-state index < -0.39 is 0 Å². The predicted molar refractivity (Wildman–Crippen MR) is 74.7 cm³/mol. The fourth-order valence-corrected chi connectivity index (χ4v) is 3.49. The van der Waals surface area contributed by atoms with E-state index in [1.54, 1.807) is 0 Å². The van der Waals surface area contributed by atoms with Crippen molar-refractivity contribution in [2.45, 2.75) is 51.5 Å². The molecule has 3 nitrogen and oxygen atoms in total. The first-order valence-electron chi connectivity index (χ1n) is 7.66. The number of Topliss-reactive ketones (excluding diaryl/α,β-unsaturated/α-hetero) is 1. The van der Waals surface area contributed by atoms with Crippen LogP contribution in [0.3, 0.4) is 0 Å². The van der Waals surface area contributed by atoms with Gasteiger partial charge in [-0.1, -0.05) is 6.92 Å². The quantitative estimate of drug-likeness (QED) is 0.766. The summed E-state index contributed by atoms with van der Waals surface area (Å²) >= 11 is 0. The molecule has 0 bridgehead atoms. The molecule has 0 N–H and O–H groups in total.